The van der Waals surface area contributed by atoms with Gasteiger partial charge in [-0.1, -0.05) is 36.4 Å². The highest BCUT2D eigenvalue weighted by Gasteiger charge is 2.08. The molecule has 2 aromatic carbocycles. The van der Waals surface area contributed by atoms with E-state index in [1.807, 2.05) is 43.6 Å². The maximum atomic E-state index is 12.2. The number of nitrogens with one attached hydrogen (secondary N) is 2. The second-order valence-corrected chi connectivity index (χ2v) is 7.92. The molecule has 7 heteroatoms. The molecule has 32 heavy (non-hydrogen) atoms. The molecule has 0 aliphatic carbocycles. The molecule has 0 aliphatic rings. The van der Waals surface area contributed by atoms with E-state index in [1.165, 1.54) is 11.1 Å². The van der Waals surface area contributed by atoms with Gasteiger partial charge in [0, 0.05) is 58.7 Å². The number of nitrogens with zero attached hydrogens (tertiary/aromatic N) is 4. The third-order valence-electron chi connectivity index (χ3n) is 5.24. The number of carbonyl (C=O) groups is 1. The minimum Gasteiger partial charge on any atom is -0.356 e. The number of imidazole rings is 1. The zero-order chi connectivity index (χ0) is 22.9. The summed E-state index contributed by atoms with van der Waals surface area (Å²) in [5.74, 6) is 1.78. The lowest BCUT2D eigenvalue weighted by atomic mass is 10.1. The highest BCUT2D eigenvalue weighted by Crippen LogP contribution is 2.09. The van der Waals surface area contributed by atoms with Gasteiger partial charge in [0.15, 0.2) is 5.96 Å². The number of amides is 1. The summed E-state index contributed by atoms with van der Waals surface area (Å²) < 4.78 is 2.13. The molecule has 0 saturated heterocycles. The number of hydrogen-bond acceptors (Lipinski definition) is 3. The average Bonchev–Trinajstić information content (AvgIpc) is 3.20. The molecular weight excluding hydrogens is 400 g/mol. The van der Waals surface area contributed by atoms with Gasteiger partial charge < -0.3 is 20.1 Å². The molecule has 1 amide bonds. The van der Waals surface area contributed by atoms with Crippen molar-refractivity contribution < 1.29 is 4.79 Å². The van der Waals surface area contributed by atoms with Crippen molar-refractivity contribution in [3.8, 4) is 0 Å². The molecule has 0 saturated carbocycles. The van der Waals surface area contributed by atoms with Gasteiger partial charge in [0.2, 0.25) is 0 Å². The average molecular weight is 433 g/mol. The van der Waals surface area contributed by atoms with Crippen molar-refractivity contribution in [3.05, 3.63) is 89.0 Å². The Bertz CT molecular complexity index is 1070. The van der Waals surface area contributed by atoms with Crippen molar-refractivity contribution >= 4 is 11.9 Å². The Balaban J connectivity index is 1.49. The first kappa shape index (κ1) is 23.1. The Kier molecular flexibility index (Phi) is 8.02. The standard InChI is InChI=1S/C25H32N6O/c1-19-27-13-14-31(19)18-22-9-5-8-21(15-22)17-29-25(26-2)28-12-11-20-7-6-10-23(16-20)24(32)30(3)4/h5-10,13-16H,11-12,17-18H2,1-4H3,(H2,26,28,29). The van der Waals surface area contributed by atoms with Crippen LogP contribution in [0.15, 0.2) is 65.9 Å². The minimum atomic E-state index is 0.0164. The number of carbonyl (C=O) groups excluding carboxylic acids is 1. The molecule has 0 atom stereocenters. The number of aromatic nitrogens is 2. The van der Waals surface area contributed by atoms with Crippen molar-refractivity contribution in [2.45, 2.75) is 26.4 Å². The highest BCUT2D eigenvalue weighted by molar-refractivity contribution is 5.94. The van der Waals surface area contributed by atoms with Crippen LogP contribution in [0.3, 0.4) is 0 Å². The van der Waals surface area contributed by atoms with Crippen molar-refractivity contribution in [2.75, 3.05) is 27.7 Å². The van der Waals surface area contributed by atoms with Gasteiger partial charge in [0.1, 0.15) is 5.82 Å². The molecule has 3 rings (SSSR count). The third kappa shape index (κ3) is 6.44. The fraction of sp³-hybridized carbons (Fsp3) is 0.320. The number of rotatable bonds is 8. The summed E-state index contributed by atoms with van der Waals surface area (Å²) >= 11 is 0. The zero-order valence-electron chi connectivity index (χ0n) is 19.3. The Hall–Kier alpha value is -3.61. The first-order valence-electron chi connectivity index (χ1n) is 10.8. The smallest absolute Gasteiger partial charge is 0.253 e. The van der Waals surface area contributed by atoms with Crippen molar-refractivity contribution in [2.24, 2.45) is 4.99 Å². The summed E-state index contributed by atoms with van der Waals surface area (Å²) in [5.41, 5.74) is 4.25. The lowest BCUT2D eigenvalue weighted by Crippen LogP contribution is -2.37. The van der Waals surface area contributed by atoms with Crippen LogP contribution in [0.1, 0.15) is 32.9 Å². The molecule has 0 bridgehead atoms. The third-order valence-corrected chi connectivity index (χ3v) is 5.24. The van der Waals surface area contributed by atoms with Crippen LogP contribution in [0.25, 0.3) is 0 Å². The second-order valence-electron chi connectivity index (χ2n) is 7.92. The van der Waals surface area contributed by atoms with E-state index in [0.717, 1.165) is 36.9 Å². The topological polar surface area (TPSA) is 74.6 Å². The predicted molar refractivity (Wildman–Crippen MR) is 129 cm³/mol. The molecular formula is C25H32N6O. The van der Waals surface area contributed by atoms with Gasteiger partial charge in [0.25, 0.3) is 5.91 Å². The van der Waals surface area contributed by atoms with Gasteiger partial charge in [-0.05, 0) is 42.2 Å². The second kappa shape index (κ2) is 11.1. The fourth-order valence-electron chi connectivity index (χ4n) is 3.46. The van der Waals surface area contributed by atoms with Crippen molar-refractivity contribution in [3.63, 3.8) is 0 Å². The molecule has 1 heterocycles. The van der Waals surface area contributed by atoms with E-state index in [9.17, 15) is 4.79 Å². The first-order chi connectivity index (χ1) is 15.5. The maximum Gasteiger partial charge on any atom is 0.253 e. The number of guanidine groups is 1. The van der Waals surface area contributed by atoms with Crippen LogP contribution in [0.2, 0.25) is 0 Å². The molecule has 0 aliphatic heterocycles. The highest BCUT2D eigenvalue weighted by atomic mass is 16.2. The largest absolute Gasteiger partial charge is 0.356 e. The van der Waals surface area contributed by atoms with Crippen molar-refractivity contribution in [1.29, 1.82) is 0 Å². The van der Waals surface area contributed by atoms with Gasteiger partial charge >= 0.3 is 0 Å². The van der Waals surface area contributed by atoms with Gasteiger partial charge in [-0.25, -0.2) is 4.98 Å². The summed E-state index contributed by atoms with van der Waals surface area (Å²) in [6, 6.07) is 16.3. The zero-order valence-corrected chi connectivity index (χ0v) is 19.3. The van der Waals surface area contributed by atoms with E-state index in [0.29, 0.717) is 12.1 Å². The molecule has 168 valence electrons. The quantitative estimate of drug-likeness (QED) is 0.424. The van der Waals surface area contributed by atoms with Gasteiger partial charge in [0.05, 0.1) is 0 Å². The number of aryl methyl sites for hydroxylation is 1. The molecule has 0 spiro atoms. The Morgan fingerprint density at radius 1 is 1.06 bits per heavy atom. The minimum absolute atomic E-state index is 0.0164. The van der Waals surface area contributed by atoms with E-state index in [4.69, 9.17) is 0 Å². The maximum absolute atomic E-state index is 12.2. The van der Waals surface area contributed by atoms with E-state index < -0.39 is 0 Å². The molecule has 2 N–H and O–H groups in total. The van der Waals surface area contributed by atoms with E-state index in [1.54, 1.807) is 26.0 Å². The summed E-state index contributed by atoms with van der Waals surface area (Å²) in [6.07, 6.45) is 4.62. The monoisotopic (exact) mass is 432 g/mol. The number of aliphatic imine (C=N–C) groups is 1. The SMILES string of the molecule is CN=C(NCCc1cccc(C(=O)N(C)C)c1)NCc1cccc(Cn2ccnc2C)c1. The predicted octanol–water partition coefficient (Wildman–Crippen LogP) is 2.85. The first-order valence-corrected chi connectivity index (χ1v) is 10.8. The summed E-state index contributed by atoms with van der Waals surface area (Å²) in [5, 5.41) is 6.72. The molecule has 7 nitrogen and oxygen atoms in total. The molecule has 0 radical (unpaired) electrons. The summed E-state index contributed by atoms with van der Waals surface area (Å²) in [4.78, 5) is 22.3. The lowest BCUT2D eigenvalue weighted by molar-refractivity contribution is 0.0827. The van der Waals surface area contributed by atoms with E-state index >= 15 is 0 Å². The van der Waals surface area contributed by atoms with Crippen LogP contribution < -0.4 is 10.6 Å². The van der Waals surface area contributed by atoms with Crippen LogP contribution in [-0.4, -0.2) is 54.0 Å². The number of hydrogen-bond donors (Lipinski definition) is 2. The summed E-state index contributed by atoms with van der Waals surface area (Å²) in [6.45, 7) is 4.22. The van der Waals surface area contributed by atoms with Gasteiger partial charge in [-0.2, -0.15) is 0 Å². The Morgan fingerprint density at radius 3 is 2.53 bits per heavy atom. The van der Waals surface area contributed by atoms with Gasteiger partial charge in [-0.15, -0.1) is 0 Å². The van der Waals surface area contributed by atoms with E-state index in [2.05, 4.69) is 49.4 Å². The number of benzene rings is 2. The van der Waals surface area contributed by atoms with Gasteiger partial charge in [-0.3, -0.25) is 9.79 Å². The van der Waals surface area contributed by atoms with E-state index in [-0.39, 0.29) is 5.91 Å². The van der Waals surface area contributed by atoms with Crippen LogP contribution in [0, 0.1) is 6.92 Å². The van der Waals surface area contributed by atoms with Crippen LogP contribution in [0.5, 0.6) is 0 Å². The van der Waals surface area contributed by atoms with Crippen LogP contribution in [0.4, 0.5) is 0 Å². The molecule has 0 unspecified atom stereocenters. The lowest BCUT2D eigenvalue weighted by Gasteiger charge is -2.14. The van der Waals surface area contributed by atoms with Crippen molar-refractivity contribution in [1.82, 2.24) is 25.1 Å². The van der Waals surface area contributed by atoms with Crippen LogP contribution in [-0.2, 0) is 19.5 Å². The molecule has 3 aromatic rings. The Labute approximate surface area is 190 Å². The normalized spacial score (nSPS) is 11.3. The molecule has 1 aromatic heterocycles. The van der Waals surface area contributed by atoms with Crippen LogP contribution >= 0.6 is 0 Å². The fourth-order valence-corrected chi connectivity index (χ4v) is 3.46. The Morgan fingerprint density at radius 2 is 1.81 bits per heavy atom. The summed E-state index contributed by atoms with van der Waals surface area (Å²) in [7, 11) is 5.30. The molecule has 0 fully saturated rings.